The van der Waals surface area contributed by atoms with Crippen LogP contribution in [0.1, 0.15) is 17.7 Å². The standard InChI is InChI=1S/C16H13NO2/c1-2-10-12-7-5-9-17(12)15-11-6-3-4-8-13(11)19-16(18)14(10)15/h2-4,6,8H,1,5,7,9H2. The molecule has 0 atom stereocenters. The van der Waals surface area contributed by atoms with Crippen LogP contribution >= 0.6 is 0 Å². The molecule has 0 radical (unpaired) electrons. The summed E-state index contributed by atoms with van der Waals surface area (Å²) in [6, 6.07) is 7.72. The fraction of sp³-hybridized carbons (Fsp3) is 0.188. The monoisotopic (exact) mass is 251 g/mol. The van der Waals surface area contributed by atoms with E-state index in [1.165, 1.54) is 5.69 Å². The number of hydrogen-bond acceptors (Lipinski definition) is 2. The summed E-state index contributed by atoms with van der Waals surface area (Å²) in [4.78, 5) is 12.3. The van der Waals surface area contributed by atoms with E-state index < -0.39 is 0 Å². The zero-order valence-electron chi connectivity index (χ0n) is 10.5. The summed E-state index contributed by atoms with van der Waals surface area (Å²) in [6.07, 6.45) is 3.91. The van der Waals surface area contributed by atoms with Gasteiger partial charge in [0.15, 0.2) is 0 Å². The second-order valence-corrected chi connectivity index (χ2v) is 4.93. The van der Waals surface area contributed by atoms with Gasteiger partial charge in [0.05, 0.1) is 10.9 Å². The average molecular weight is 251 g/mol. The molecule has 1 aliphatic rings. The van der Waals surface area contributed by atoms with Crippen LogP contribution in [0.25, 0.3) is 27.9 Å². The highest BCUT2D eigenvalue weighted by Gasteiger charge is 2.23. The molecular weight excluding hydrogens is 238 g/mol. The third-order valence-electron chi connectivity index (χ3n) is 3.96. The third-order valence-corrected chi connectivity index (χ3v) is 3.96. The maximum Gasteiger partial charge on any atom is 0.346 e. The number of rotatable bonds is 1. The SMILES string of the molecule is C=Cc1c2n(c3c1c(=O)oc1ccccc13)CCC2. The van der Waals surface area contributed by atoms with Crippen LogP contribution in [0.2, 0.25) is 0 Å². The summed E-state index contributed by atoms with van der Waals surface area (Å²) in [7, 11) is 0. The molecule has 4 rings (SSSR count). The first-order valence-electron chi connectivity index (χ1n) is 6.50. The van der Waals surface area contributed by atoms with E-state index in [4.69, 9.17) is 4.42 Å². The van der Waals surface area contributed by atoms with Gasteiger partial charge in [-0.1, -0.05) is 24.8 Å². The number of aromatic nitrogens is 1. The van der Waals surface area contributed by atoms with Crippen molar-refractivity contribution in [3.63, 3.8) is 0 Å². The van der Waals surface area contributed by atoms with E-state index in [0.717, 1.165) is 35.9 Å². The van der Waals surface area contributed by atoms with Crippen LogP contribution in [0, 0.1) is 0 Å². The van der Waals surface area contributed by atoms with Gasteiger partial charge in [-0.15, -0.1) is 0 Å². The van der Waals surface area contributed by atoms with Gasteiger partial charge >= 0.3 is 5.63 Å². The van der Waals surface area contributed by atoms with Crippen molar-refractivity contribution in [1.29, 1.82) is 0 Å². The van der Waals surface area contributed by atoms with Crippen molar-refractivity contribution in [2.45, 2.75) is 19.4 Å². The first kappa shape index (κ1) is 10.6. The molecule has 0 saturated carbocycles. The first-order valence-corrected chi connectivity index (χ1v) is 6.50. The van der Waals surface area contributed by atoms with Crippen molar-refractivity contribution >= 4 is 27.9 Å². The lowest BCUT2D eigenvalue weighted by molar-refractivity contribution is 0.569. The lowest BCUT2D eigenvalue weighted by atomic mass is 10.1. The average Bonchev–Trinajstić information content (AvgIpc) is 2.98. The molecule has 3 nitrogen and oxygen atoms in total. The van der Waals surface area contributed by atoms with Crippen LogP contribution in [0.15, 0.2) is 40.1 Å². The molecule has 0 aliphatic carbocycles. The van der Waals surface area contributed by atoms with Gasteiger partial charge in [0.1, 0.15) is 5.58 Å². The number of nitrogens with zero attached hydrogens (tertiary/aromatic N) is 1. The Morgan fingerprint density at radius 3 is 3.00 bits per heavy atom. The molecule has 0 spiro atoms. The molecule has 0 saturated heterocycles. The maximum absolute atomic E-state index is 12.3. The molecule has 3 heteroatoms. The molecule has 0 amide bonds. The van der Waals surface area contributed by atoms with E-state index in [1.54, 1.807) is 6.08 Å². The van der Waals surface area contributed by atoms with Gasteiger partial charge in [0.25, 0.3) is 0 Å². The Morgan fingerprint density at radius 2 is 2.16 bits per heavy atom. The molecule has 2 aromatic heterocycles. The summed E-state index contributed by atoms with van der Waals surface area (Å²) in [5.74, 6) is 0. The van der Waals surface area contributed by atoms with Crippen molar-refractivity contribution in [2.75, 3.05) is 0 Å². The van der Waals surface area contributed by atoms with Crippen LogP contribution in [0.3, 0.4) is 0 Å². The summed E-state index contributed by atoms with van der Waals surface area (Å²) in [5, 5.41) is 1.69. The van der Waals surface area contributed by atoms with E-state index in [0.29, 0.717) is 11.0 Å². The quantitative estimate of drug-likeness (QED) is 0.622. The Hall–Kier alpha value is -2.29. The fourth-order valence-electron chi connectivity index (χ4n) is 3.22. The Bertz CT molecular complexity index is 883. The minimum atomic E-state index is -0.259. The minimum absolute atomic E-state index is 0.259. The maximum atomic E-state index is 12.3. The fourth-order valence-corrected chi connectivity index (χ4v) is 3.22. The van der Waals surface area contributed by atoms with Gasteiger partial charge in [-0.2, -0.15) is 0 Å². The Kier molecular flexibility index (Phi) is 2.01. The third kappa shape index (κ3) is 1.24. The Balaban J connectivity index is 2.37. The predicted octanol–water partition coefficient (Wildman–Crippen LogP) is 3.34. The highest BCUT2D eigenvalue weighted by atomic mass is 16.4. The zero-order valence-corrected chi connectivity index (χ0v) is 10.5. The van der Waals surface area contributed by atoms with Gasteiger partial charge in [-0.3, -0.25) is 0 Å². The van der Waals surface area contributed by atoms with Gasteiger partial charge < -0.3 is 8.98 Å². The van der Waals surface area contributed by atoms with Gasteiger partial charge in [-0.25, -0.2) is 4.79 Å². The summed E-state index contributed by atoms with van der Waals surface area (Å²) in [6.45, 7) is 4.82. The van der Waals surface area contributed by atoms with Crippen LogP contribution in [0.5, 0.6) is 0 Å². The second kappa shape index (κ2) is 3.60. The molecule has 19 heavy (non-hydrogen) atoms. The second-order valence-electron chi connectivity index (χ2n) is 4.93. The molecule has 1 aliphatic heterocycles. The first-order chi connectivity index (χ1) is 9.31. The molecule has 0 N–H and O–H groups in total. The molecule has 94 valence electrons. The van der Waals surface area contributed by atoms with E-state index in [2.05, 4.69) is 11.1 Å². The topological polar surface area (TPSA) is 35.1 Å². The van der Waals surface area contributed by atoms with Crippen LogP contribution in [-0.4, -0.2) is 4.57 Å². The highest BCUT2D eigenvalue weighted by Crippen LogP contribution is 2.34. The number of aryl methyl sites for hydroxylation is 1. The molecule has 3 heterocycles. The molecule has 0 bridgehead atoms. The van der Waals surface area contributed by atoms with Gasteiger partial charge in [0.2, 0.25) is 0 Å². The molecule has 3 aromatic rings. The van der Waals surface area contributed by atoms with Crippen molar-refractivity contribution < 1.29 is 4.42 Å². The lowest BCUT2D eigenvalue weighted by Gasteiger charge is -2.03. The molecule has 1 aromatic carbocycles. The van der Waals surface area contributed by atoms with E-state index in [-0.39, 0.29) is 5.63 Å². The minimum Gasteiger partial charge on any atom is -0.422 e. The van der Waals surface area contributed by atoms with Crippen molar-refractivity contribution in [2.24, 2.45) is 0 Å². The summed E-state index contributed by atoms with van der Waals surface area (Å²) in [5.41, 5.74) is 3.57. The molecular formula is C16H13NO2. The number of para-hydroxylation sites is 1. The van der Waals surface area contributed by atoms with Crippen molar-refractivity contribution in [1.82, 2.24) is 4.57 Å². The van der Waals surface area contributed by atoms with Crippen LogP contribution in [-0.2, 0) is 13.0 Å². The summed E-state index contributed by atoms with van der Waals surface area (Å²) < 4.78 is 7.69. The number of benzene rings is 1. The number of hydrogen-bond donors (Lipinski definition) is 0. The molecule has 0 unspecified atom stereocenters. The van der Waals surface area contributed by atoms with Crippen molar-refractivity contribution in [3.8, 4) is 0 Å². The van der Waals surface area contributed by atoms with Gasteiger partial charge in [0, 0.05) is 23.2 Å². The summed E-state index contributed by atoms with van der Waals surface area (Å²) >= 11 is 0. The normalized spacial score (nSPS) is 14.1. The van der Waals surface area contributed by atoms with Crippen LogP contribution < -0.4 is 5.63 Å². The largest absolute Gasteiger partial charge is 0.422 e. The van der Waals surface area contributed by atoms with Gasteiger partial charge in [-0.05, 0) is 25.0 Å². The number of fused-ring (bicyclic) bond motifs is 5. The van der Waals surface area contributed by atoms with Crippen molar-refractivity contribution in [3.05, 3.63) is 52.5 Å². The Labute approximate surface area is 109 Å². The lowest BCUT2D eigenvalue weighted by Crippen LogP contribution is -2.01. The van der Waals surface area contributed by atoms with Crippen LogP contribution in [0.4, 0.5) is 0 Å². The van der Waals surface area contributed by atoms with E-state index in [9.17, 15) is 4.79 Å². The highest BCUT2D eigenvalue weighted by molar-refractivity contribution is 6.06. The predicted molar refractivity (Wildman–Crippen MR) is 76.4 cm³/mol. The smallest absolute Gasteiger partial charge is 0.346 e. The molecule has 0 fully saturated rings. The Morgan fingerprint density at radius 1 is 1.32 bits per heavy atom. The zero-order chi connectivity index (χ0) is 13.0. The van der Waals surface area contributed by atoms with E-state index >= 15 is 0 Å². The van der Waals surface area contributed by atoms with E-state index in [1.807, 2.05) is 24.3 Å².